The van der Waals surface area contributed by atoms with E-state index in [1.54, 1.807) is 29.2 Å². The minimum Gasteiger partial charge on any atom is -0.493 e. The highest BCUT2D eigenvalue weighted by molar-refractivity contribution is 5.96. The predicted octanol–water partition coefficient (Wildman–Crippen LogP) is 2.73. The van der Waals surface area contributed by atoms with Crippen LogP contribution in [0.1, 0.15) is 38.3 Å². The van der Waals surface area contributed by atoms with Crippen LogP contribution in [-0.4, -0.2) is 68.2 Å². The van der Waals surface area contributed by atoms with Crippen molar-refractivity contribution >= 4 is 17.7 Å². The van der Waals surface area contributed by atoms with Crippen molar-refractivity contribution in [1.82, 2.24) is 15.5 Å². The summed E-state index contributed by atoms with van der Waals surface area (Å²) >= 11 is 0. The van der Waals surface area contributed by atoms with Crippen molar-refractivity contribution in [3.63, 3.8) is 0 Å². The fourth-order valence-corrected chi connectivity index (χ4v) is 5.31. The molecule has 2 N–H and O–H groups in total. The first-order chi connectivity index (χ1) is 20.0. The molecule has 212 valence electrons. The van der Waals surface area contributed by atoms with Gasteiger partial charge in [0.15, 0.2) is 18.1 Å². The Hall–Kier alpha value is -4.73. The lowest BCUT2D eigenvalue weighted by Gasteiger charge is -2.21. The zero-order chi connectivity index (χ0) is 28.3. The van der Waals surface area contributed by atoms with Gasteiger partial charge in [0.1, 0.15) is 17.6 Å². The molecule has 3 amide bonds. The Bertz CT molecular complexity index is 1470. The maximum absolute atomic E-state index is 13.6. The van der Waals surface area contributed by atoms with Crippen molar-refractivity contribution in [2.45, 2.75) is 31.5 Å². The molecule has 0 unspecified atom stereocenters. The molecule has 10 nitrogen and oxygen atoms in total. The van der Waals surface area contributed by atoms with Crippen molar-refractivity contribution in [1.29, 1.82) is 0 Å². The van der Waals surface area contributed by atoms with Crippen molar-refractivity contribution in [2.24, 2.45) is 0 Å². The molecule has 4 bridgehead atoms. The number of nitrogens with one attached hydrogen (secondary N) is 2. The first kappa shape index (κ1) is 26.5. The summed E-state index contributed by atoms with van der Waals surface area (Å²) in [7, 11) is 1.49. The molecule has 0 spiro atoms. The van der Waals surface area contributed by atoms with Crippen LogP contribution in [-0.2, 0) is 17.8 Å². The molecular weight excluding hydrogens is 526 g/mol. The predicted molar refractivity (Wildman–Crippen MR) is 149 cm³/mol. The number of carbonyl (C=O) groups is 3. The Morgan fingerprint density at radius 2 is 1.83 bits per heavy atom. The first-order valence-corrected chi connectivity index (χ1v) is 13.7. The van der Waals surface area contributed by atoms with E-state index in [-0.39, 0.29) is 36.6 Å². The SMILES string of the molecule is COc1ccc2cc1OCC(=O)NCc1ccc(cc1)O[C@H]1CN(C(=O)c3ccc4c(c3)CCCO4)C[C@@H]1NC2=O. The maximum atomic E-state index is 13.6. The van der Waals surface area contributed by atoms with Gasteiger partial charge in [-0.3, -0.25) is 14.4 Å². The minimum atomic E-state index is -0.487. The summed E-state index contributed by atoms with van der Waals surface area (Å²) in [5.74, 6) is 1.30. The van der Waals surface area contributed by atoms with Crippen LogP contribution in [0.3, 0.4) is 0 Å². The van der Waals surface area contributed by atoms with Crippen LogP contribution >= 0.6 is 0 Å². The molecule has 3 aromatic rings. The second-order valence-corrected chi connectivity index (χ2v) is 10.3. The summed E-state index contributed by atoms with van der Waals surface area (Å²) < 4.78 is 23.1. The van der Waals surface area contributed by atoms with E-state index in [1.807, 2.05) is 36.4 Å². The standard InChI is InChI=1S/C31H31N3O7/c1-38-26-11-6-21-14-27(26)40-18-29(35)32-15-19-4-8-23(9-5-19)41-28-17-34(16-24(28)33-30(21)36)31(37)22-7-10-25-20(13-22)3-2-12-39-25/h4-11,13-14,24,28H,2-3,12,15-18H2,1H3,(H,32,35)(H,33,36)/t24-,28-/m0/s1. The average molecular weight is 558 g/mol. The van der Waals surface area contributed by atoms with Gasteiger partial charge >= 0.3 is 0 Å². The van der Waals surface area contributed by atoms with E-state index in [0.29, 0.717) is 42.3 Å². The molecule has 4 aliphatic heterocycles. The maximum Gasteiger partial charge on any atom is 0.258 e. The van der Waals surface area contributed by atoms with Gasteiger partial charge in [-0.2, -0.15) is 0 Å². The minimum absolute atomic E-state index is 0.128. The highest BCUT2D eigenvalue weighted by atomic mass is 16.5. The number of benzene rings is 3. The van der Waals surface area contributed by atoms with Crippen LogP contribution in [0.5, 0.6) is 23.0 Å². The van der Waals surface area contributed by atoms with E-state index in [9.17, 15) is 14.4 Å². The zero-order valence-electron chi connectivity index (χ0n) is 22.7. The van der Waals surface area contributed by atoms with E-state index in [1.165, 1.54) is 7.11 Å². The average Bonchev–Trinajstić information content (AvgIpc) is 3.40. The van der Waals surface area contributed by atoms with E-state index in [2.05, 4.69) is 10.6 Å². The number of rotatable bonds is 2. The van der Waals surface area contributed by atoms with Gasteiger partial charge in [0.05, 0.1) is 26.3 Å². The third-order valence-electron chi connectivity index (χ3n) is 7.51. The van der Waals surface area contributed by atoms with Crippen molar-refractivity contribution in [3.8, 4) is 23.0 Å². The van der Waals surface area contributed by atoms with Gasteiger partial charge in [0.25, 0.3) is 17.7 Å². The molecule has 10 heteroatoms. The second kappa shape index (κ2) is 11.4. The molecule has 0 saturated carbocycles. The molecule has 2 atom stereocenters. The van der Waals surface area contributed by atoms with Crippen LogP contribution in [0.4, 0.5) is 0 Å². The third-order valence-corrected chi connectivity index (χ3v) is 7.51. The van der Waals surface area contributed by atoms with Gasteiger partial charge in [-0.05, 0) is 72.5 Å². The summed E-state index contributed by atoms with van der Waals surface area (Å²) in [6, 6.07) is 17.2. The lowest BCUT2D eigenvalue weighted by atomic mass is 10.0. The molecule has 4 aliphatic rings. The molecule has 0 aliphatic carbocycles. The Kier molecular flexibility index (Phi) is 7.37. The van der Waals surface area contributed by atoms with Gasteiger partial charge in [-0.25, -0.2) is 0 Å². The van der Waals surface area contributed by atoms with E-state index in [0.717, 1.165) is 29.7 Å². The Morgan fingerprint density at radius 1 is 0.976 bits per heavy atom. The molecule has 1 saturated heterocycles. The van der Waals surface area contributed by atoms with E-state index in [4.69, 9.17) is 18.9 Å². The highest BCUT2D eigenvalue weighted by Crippen LogP contribution is 2.30. The van der Waals surface area contributed by atoms with Crippen LogP contribution in [0.15, 0.2) is 60.7 Å². The summed E-state index contributed by atoms with van der Waals surface area (Å²) in [6.07, 6.45) is 1.30. The van der Waals surface area contributed by atoms with Gasteiger partial charge in [0, 0.05) is 24.2 Å². The Morgan fingerprint density at radius 3 is 2.66 bits per heavy atom. The molecule has 0 radical (unpaired) electrons. The van der Waals surface area contributed by atoms with Crippen LogP contribution < -0.4 is 29.6 Å². The number of hydrogen-bond donors (Lipinski definition) is 2. The van der Waals surface area contributed by atoms with Crippen molar-refractivity contribution in [2.75, 3.05) is 33.4 Å². The summed E-state index contributed by atoms with van der Waals surface area (Å²) in [5.41, 5.74) is 2.82. The molecule has 3 aromatic carbocycles. The Balaban J connectivity index is 1.28. The largest absolute Gasteiger partial charge is 0.493 e. The molecular formula is C31H31N3O7. The number of fused-ring (bicyclic) bond motifs is 8. The number of likely N-dealkylation sites (tertiary alicyclic amines) is 1. The fourth-order valence-electron chi connectivity index (χ4n) is 5.31. The number of ether oxygens (including phenoxy) is 4. The topological polar surface area (TPSA) is 115 Å². The monoisotopic (exact) mass is 557 g/mol. The molecule has 41 heavy (non-hydrogen) atoms. The molecule has 0 aromatic heterocycles. The quantitative estimate of drug-likeness (QED) is 0.498. The summed E-state index contributed by atoms with van der Waals surface area (Å²) in [5, 5.41) is 5.87. The van der Waals surface area contributed by atoms with Gasteiger partial charge in [-0.15, -0.1) is 0 Å². The molecule has 7 rings (SSSR count). The normalized spacial score (nSPS) is 20.3. The first-order valence-electron chi connectivity index (χ1n) is 13.7. The number of hydrogen-bond acceptors (Lipinski definition) is 7. The lowest BCUT2D eigenvalue weighted by molar-refractivity contribution is -0.123. The molecule has 1 fully saturated rings. The number of nitrogens with zero attached hydrogens (tertiary/aromatic N) is 1. The smallest absolute Gasteiger partial charge is 0.258 e. The van der Waals surface area contributed by atoms with Crippen LogP contribution in [0.2, 0.25) is 0 Å². The van der Waals surface area contributed by atoms with Crippen molar-refractivity contribution < 1.29 is 33.3 Å². The number of methoxy groups -OCH3 is 1. The Labute approximate surface area is 237 Å². The van der Waals surface area contributed by atoms with Crippen molar-refractivity contribution in [3.05, 3.63) is 82.9 Å². The van der Waals surface area contributed by atoms with E-state index < -0.39 is 12.1 Å². The zero-order valence-corrected chi connectivity index (χ0v) is 22.7. The summed E-state index contributed by atoms with van der Waals surface area (Å²) in [6.45, 7) is 1.34. The second-order valence-electron chi connectivity index (χ2n) is 10.3. The van der Waals surface area contributed by atoms with Gasteiger partial charge < -0.3 is 34.5 Å². The van der Waals surface area contributed by atoms with Gasteiger partial charge in [-0.1, -0.05) is 12.1 Å². The molecule has 4 heterocycles. The van der Waals surface area contributed by atoms with Gasteiger partial charge in [0.2, 0.25) is 0 Å². The third kappa shape index (κ3) is 5.77. The number of amides is 3. The number of carbonyl (C=O) groups excluding carboxylic acids is 3. The lowest BCUT2D eigenvalue weighted by Crippen LogP contribution is -2.45. The van der Waals surface area contributed by atoms with E-state index >= 15 is 0 Å². The van der Waals surface area contributed by atoms with Crippen LogP contribution in [0, 0.1) is 0 Å². The van der Waals surface area contributed by atoms with Crippen LogP contribution in [0.25, 0.3) is 0 Å². The number of aryl methyl sites for hydroxylation is 1. The highest BCUT2D eigenvalue weighted by Gasteiger charge is 2.38. The fraction of sp³-hybridized carbons (Fsp3) is 0.323. The summed E-state index contributed by atoms with van der Waals surface area (Å²) in [4.78, 5) is 41.1.